The third-order valence-electron chi connectivity index (χ3n) is 16.1. The van der Waals surface area contributed by atoms with Gasteiger partial charge in [0.2, 0.25) is 0 Å². The number of hydrogen-bond donors (Lipinski definition) is 0. The Kier molecular flexibility index (Phi) is 65.6. The number of hydrogen-bond acceptors (Lipinski definition) is 8. The quantitative estimate of drug-likeness (QED) is 0.0195. The number of carboxylic acid groups (broad SMARTS) is 1. The number of quaternary nitrogens is 1. The van der Waals surface area contributed by atoms with Crippen molar-refractivity contribution in [3.63, 3.8) is 0 Å². The number of carbonyl (C=O) groups is 3. The van der Waals surface area contributed by atoms with E-state index >= 15 is 0 Å². The lowest BCUT2D eigenvalue weighted by Gasteiger charge is -2.26. The van der Waals surface area contributed by atoms with Crippen LogP contribution in [0.15, 0.2) is 85.1 Å². The molecule has 0 radical (unpaired) electrons. The molecule has 87 heavy (non-hydrogen) atoms. The molecule has 0 N–H and O–H groups in total. The van der Waals surface area contributed by atoms with Gasteiger partial charge in [0.05, 0.1) is 40.3 Å². The number of allylic oxidation sites excluding steroid dienone is 14. The van der Waals surface area contributed by atoms with Gasteiger partial charge in [-0.25, -0.2) is 0 Å². The summed E-state index contributed by atoms with van der Waals surface area (Å²) in [5.41, 5.74) is 0. The normalized spacial score (nSPS) is 13.2. The minimum atomic E-state index is -1.63. The molecule has 0 spiro atoms. The maximum absolute atomic E-state index is 12.9. The largest absolute Gasteiger partial charge is 0.545 e. The van der Waals surface area contributed by atoms with Crippen molar-refractivity contribution in [2.24, 2.45) is 0 Å². The van der Waals surface area contributed by atoms with Crippen LogP contribution in [0.4, 0.5) is 0 Å². The molecule has 504 valence electrons. The highest BCUT2D eigenvalue weighted by Crippen LogP contribution is 2.18. The van der Waals surface area contributed by atoms with Crippen molar-refractivity contribution >= 4 is 17.9 Å². The molecular weight excluding hydrogens is 1080 g/mol. The van der Waals surface area contributed by atoms with Gasteiger partial charge in [0.15, 0.2) is 12.4 Å². The minimum Gasteiger partial charge on any atom is -0.545 e. The first-order valence-corrected chi connectivity index (χ1v) is 36.7. The predicted molar refractivity (Wildman–Crippen MR) is 371 cm³/mol. The van der Waals surface area contributed by atoms with Gasteiger partial charge in [0.1, 0.15) is 13.2 Å². The number of carboxylic acids is 1. The van der Waals surface area contributed by atoms with Crippen LogP contribution in [0.25, 0.3) is 0 Å². The highest BCUT2D eigenvalue weighted by atomic mass is 16.7. The topological polar surface area (TPSA) is 111 Å². The minimum absolute atomic E-state index is 0.141. The number of rotatable bonds is 68. The fourth-order valence-electron chi connectivity index (χ4n) is 10.5. The first-order valence-electron chi connectivity index (χ1n) is 36.7. The summed E-state index contributed by atoms with van der Waals surface area (Å²) >= 11 is 0. The first kappa shape index (κ1) is 83.5. The molecule has 0 bridgehead atoms. The zero-order valence-electron chi connectivity index (χ0n) is 57.6. The van der Waals surface area contributed by atoms with E-state index in [2.05, 4.69) is 98.9 Å². The second kappa shape index (κ2) is 68.4. The Morgan fingerprint density at radius 3 is 0.977 bits per heavy atom. The van der Waals surface area contributed by atoms with Crippen LogP contribution in [0.2, 0.25) is 0 Å². The maximum Gasteiger partial charge on any atom is 0.306 e. The maximum atomic E-state index is 12.9. The summed E-state index contributed by atoms with van der Waals surface area (Å²) in [7, 11) is 5.92. The zero-order chi connectivity index (χ0) is 63.3. The predicted octanol–water partition coefficient (Wildman–Crippen LogP) is 21.7. The highest BCUT2D eigenvalue weighted by molar-refractivity contribution is 5.70. The van der Waals surface area contributed by atoms with Gasteiger partial charge in [-0.1, -0.05) is 317 Å². The van der Waals surface area contributed by atoms with Gasteiger partial charge in [-0.2, -0.15) is 0 Å². The van der Waals surface area contributed by atoms with Crippen LogP contribution in [0, 0.1) is 0 Å². The second-order valence-corrected chi connectivity index (χ2v) is 25.9. The molecule has 0 saturated heterocycles. The van der Waals surface area contributed by atoms with Crippen molar-refractivity contribution in [1.82, 2.24) is 0 Å². The number of aliphatic carboxylic acids is 1. The van der Waals surface area contributed by atoms with Gasteiger partial charge in [-0.3, -0.25) is 9.59 Å². The van der Waals surface area contributed by atoms with Crippen molar-refractivity contribution in [2.45, 2.75) is 347 Å². The molecule has 2 atom stereocenters. The van der Waals surface area contributed by atoms with E-state index in [1.807, 2.05) is 21.1 Å². The van der Waals surface area contributed by atoms with E-state index in [0.29, 0.717) is 17.4 Å². The third-order valence-corrected chi connectivity index (χ3v) is 16.1. The average Bonchev–Trinajstić information content (AvgIpc) is 3.57. The number of esters is 2. The molecule has 0 aromatic rings. The van der Waals surface area contributed by atoms with E-state index in [1.165, 1.54) is 212 Å². The van der Waals surface area contributed by atoms with Gasteiger partial charge < -0.3 is 33.3 Å². The standard InChI is InChI=1S/C78H139NO8/c1-6-8-10-12-14-16-18-20-22-24-26-28-29-30-31-32-33-34-35-36-37-38-39-40-41-42-43-44-45-46-47-49-50-52-54-56-58-60-62-64-66-68-75(80)85-72-74(73-86-78(77(82)83)84-71-70-79(3,4)5)87-76(81)69-67-65-63-61-59-57-55-53-51-48-27-25-23-21-19-17-15-13-11-9-7-2/h9,11,15,17-18,20-21,23-24,26-27,48,53,55,74,78H,6-8,10,12-14,16,19,22,25,28-47,49-52,54,56-73H2,1-5H3/b11-9-,17-15-,20-18-,23-21-,26-24-,48-27-,55-53-. The number of nitrogens with zero attached hydrogens (tertiary/aromatic N) is 1. The molecule has 0 saturated carbocycles. The van der Waals surface area contributed by atoms with E-state index in [9.17, 15) is 19.5 Å². The molecule has 0 aromatic heterocycles. The van der Waals surface area contributed by atoms with E-state index in [0.717, 1.165) is 89.9 Å². The third kappa shape index (κ3) is 69.8. The lowest BCUT2D eigenvalue weighted by Crippen LogP contribution is -2.44. The van der Waals surface area contributed by atoms with Crippen LogP contribution in [0.3, 0.4) is 0 Å². The number of unbranched alkanes of at least 4 members (excludes halogenated alkanes) is 39. The van der Waals surface area contributed by atoms with E-state index in [4.69, 9.17) is 18.9 Å². The molecule has 0 rings (SSSR count). The second-order valence-electron chi connectivity index (χ2n) is 25.9. The summed E-state index contributed by atoms with van der Waals surface area (Å²) in [6.07, 6.45) is 89.9. The smallest absolute Gasteiger partial charge is 0.306 e. The monoisotopic (exact) mass is 1220 g/mol. The fourth-order valence-corrected chi connectivity index (χ4v) is 10.5. The molecule has 2 unspecified atom stereocenters. The van der Waals surface area contributed by atoms with Gasteiger partial charge in [-0.15, -0.1) is 0 Å². The lowest BCUT2D eigenvalue weighted by molar-refractivity contribution is -0.870. The Morgan fingerprint density at radius 2 is 0.655 bits per heavy atom. The van der Waals surface area contributed by atoms with Crippen LogP contribution in [0.1, 0.15) is 335 Å². The van der Waals surface area contributed by atoms with Gasteiger partial charge >= 0.3 is 11.9 Å². The summed E-state index contributed by atoms with van der Waals surface area (Å²) in [5, 5.41) is 11.8. The van der Waals surface area contributed by atoms with Crippen LogP contribution in [-0.4, -0.2) is 82.3 Å². The van der Waals surface area contributed by atoms with Crippen LogP contribution in [-0.2, 0) is 33.3 Å². The Hall–Kier alpha value is -3.53. The van der Waals surface area contributed by atoms with Crippen molar-refractivity contribution < 1.29 is 42.9 Å². The fraction of sp³-hybridized carbons (Fsp3) is 0.782. The Balaban J connectivity index is 3.96. The van der Waals surface area contributed by atoms with Gasteiger partial charge in [0, 0.05) is 12.8 Å². The van der Waals surface area contributed by atoms with Crippen molar-refractivity contribution in [3.8, 4) is 0 Å². The van der Waals surface area contributed by atoms with E-state index in [-0.39, 0.29) is 38.6 Å². The van der Waals surface area contributed by atoms with Crippen LogP contribution < -0.4 is 5.11 Å². The van der Waals surface area contributed by atoms with E-state index in [1.54, 1.807) is 0 Å². The summed E-state index contributed by atoms with van der Waals surface area (Å²) in [6.45, 7) is 4.63. The zero-order valence-corrected chi connectivity index (χ0v) is 57.6. The number of carbonyl (C=O) groups excluding carboxylic acids is 3. The molecule has 9 nitrogen and oxygen atoms in total. The summed E-state index contributed by atoms with van der Waals surface area (Å²) < 4.78 is 22.8. The van der Waals surface area contributed by atoms with Gasteiger partial charge in [-0.05, 0) is 89.9 Å². The Morgan fingerprint density at radius 1 is 0.356 bits per heavy atom. The summed E-state index contributed by atoms with van der Waals surface area (Å²) in [4.78, 5) is 37.5. The molecule has 0 aliphatic rings. The molecule has 0 fully saturated rings. The molecule has 0 heterocycles. The van der Waals surface area contributed by atoms with Crippen molar-refractivity contribution in [1.29, 1.82) is 0 Å². The van der Waals surface area contributed by atoms with Crippen LogP contribution >= 0.6 is 0 Å². The highest BCUT2D eigenvalue weighted by Gasteiger charge is 2.22. The molecule has 0 amide bonds. The van der Waals surface area contributed by atoms with E-state index < -0.39 is 24.3 Å². The summed E-state index contributed by atoms with van der Waals surface area (Å²) in [5.74, 6) is -2.30. The molecular formula is C78H139NO8. The Bertz CT molecular complexity index is 1700. The number of ether oxygens (including phenoxy) is 4. The van der Waals surface area contributed by atoms with Crippen molar-refractivity contribution in [3.05, 3.63) is 85.1 Å². The average molecular weight is 1220 g/mol. The molecule has 0 aromatic carbocycles. The van der Waals surface area contributed by atoms with Crippen LogP contribution in [0.5, 0.6) is 0 Å². The van der Waals surface area contributed by atoms with Crippen molar-refractivity contribution in [2.75, 3.05) is 47.5 Å². The molecule has 9 heteroatoms. The first-order chi connectivity index (χ1) is 42.6. The van der Waals surface area contributed by atoms with Gasteiger partial charge in [0.25, 0.3) is 0 Å². The summed E-state index contributed by atoms with van der Waals surface area (Å²) in [6, 6.07) is 0. The lowest BCUT2D eigenvalue weighted by atomic mass is 10.0. The SMILES string of the molecule is CC/C=C\C/C=C\C/C=C\C/C=C\C/C=C\CCCCCCCC(=O)OC(COC(=O)CCCCCCCCCCCCCCCCCCCCCCCCCCCCCCC/C=C\C/C=C\CCCCCCC)COC(OCC[N+](C)(C)C)C(=O)[O-]. The molecule has 0 aliphatic heterocycles. The molecule has 0 aliphatic carbocycles. The number of likely N-dealkylation sites (N-methyl/N-ethyl adjacent to an activating group) is 1. The Labute approximate surface area is 538 Å².